The molecule has 0 radical (unpaired) electrons. The zero-order chi connectivity index (χ0) is 14.1. The third-order valence-corrected chi connectivity index (χ3v) is 1.01. The molecule has 0 fully saturated rings. The maximum atomic E-state index is 10.5. The second-order valence-electron chi connectivity index (χ2n) is 5.03. The van der Waals surface area contributed by atoms with E-state index in [1.807, 2.05) is 48.5 Å². The lowest BCUT2D eigenvalue weighted by molar-refractivity contribution is -0.337. The van der Waals surface area contributed by atoms with Crippen LogP contribution in [0, 0.1) is 0 Å². The van der Waals surface area contributed by atoms with Crippen molar-refractivity contribution in [3.05, 3.63) is 12.7 Å². The average Bonchev–Trinajstić information content (AvgIpc) is 2.13. The highest BCUT2D eigenvalue weighted by Gasteiger charge is 2.12. The Morgan fingerprint density at radius 2 is 1.41 bits per heavy atom. The molecule has 102 valence electrons. The van der Waals surface area contributed by atoms with E-state index in [1.165, 1.54) is 0 Å². The maximum absolute atomic E-state index is 10.5. The summed E-state index contributed by atoms with van der Waals surface area (Å²) in [6.45, 7) is 16.4. The van der Waals surface area contributed by atoms with Gasteiger partial charge in [-0.05, 0) is 48.5 Å². The summed E-state index contributed by atoms with van der Waals surface area (Å²) in [4.78, 5) is 20.1. The molecule has 17 heavy (non-hydrogen) atoms. The molecule has 0 bridgehead atoms. The molecule has 4 nitrogen and oxygen atoms in total. The van der Waals surface area contributed by atoms with Gasteiger partial charge in [-0.1, -0.05) is 6.58 Å². The molecule has 0 amide bonds. The molecule has 0 aliphatic carbocycles. The van der Waals surface area contributed by atoms with Crippen LogP contribution in [0.25, 0.3) is 0 Å². The Bertz CT molecular complexity index is 206. The highest BCUT2D eigenvalue weighted by Crippen LogP contribution is 2.06. The van der Waals surface area contributed by atoms with E-state index in [-0.39, 0.29) is 18.2 Å². The quantitative estimate of drug-likeness (QED) is 0.330. The normalized spacial score (nSPS) is 10.9. The first-order valence-corrected chi connectivity index (χ1v) is 5.76. The van der Waals surface area contributed by atoms with Crippen LogP contribution in [0.3, 0.4) is 0 Å². The second-order valence-corrected chi connectivity index (χ2v) is 5.03. The van der Waals surface area contributed by atoms with Gasteiger partial charge in [-0.15, -0.1) is 0 Å². The Morgan fingerprint density at radius 1 is 1.06 bits per heavy atom. The van der Waals surface area contributed by atoms with Crippen LogP contribution < -0.4 is 0 Å². The van der Waals surface area contributed by atoms with E-state index in [1.54, 1.807) is 0 Å². The first-order chi connectivity index (χ1) is 7.58. The van der Waals surface area contributed by atoms with Gasteiger partial charge in [0.25, 0.3) is 0 Å². The van der Waals surface area contributed by atoms with Gasteiger partial charge in [-0.2, -0.15) is 0 Å². The standard InChI is InChI=1S/C7H12O2.C6H14O2/c1-5-6(8)9-7(2,3)4;1-5(2)7-8-6(3)4/h5H,1H2,2-4H3;5-6H,1-4H3. The average molecular weight is 246 g/mol. The molecule has 0 unspecified atom stereocenters. The van der Waals surface area contributed by atoms with Crippen molar-refractivity contribution in [2.24, 2.45) is 0 Å². The third-order valence-electron chi connectivity index (χ3n) is 1.01. The highest BCUT2D eigenvalue weighted by atomic mass is 17.2. The number of hydrogen-bond donors (Lipinski definition) is 0. The monoisotopic (exact) mass is 246 g/mol. The van der Waals surface area contributed by atoms with Crippen molar-refractivity contribution in [1.29, 1.82) is 0 Å². The fourth-order valence-corrected chi connectivity index (χ4v) is 0.566. The Kier molecular flexibility index (Phi) is 10.00. The smallest absolute Gasteiger partial charge is 0.330 e. The summed E-state index contributed by atoms with van der Waals surface area (Å²) in [5, 5.41) is 0. The van der Waals surface area contributed by atoms with Crippen LogP contribution in [0.1, 0.15) is 48.5 Å². The molecule has 0 saturated carbocycles. The van der Waals surface area contributed by atoms with Crippen LogP contribution in [-0.2, 0) is 19.3 Å². The molecule has 0 saturated heterocycles. The maximum Gasteiger partial charge on any atom is 0.330 e. The summed E-state index contributed by atoms with van der Waals surface area (Å²) in [5.41, 5.74) is -0.398. The van der Waals surface area contributed by atoms with Gasteiger partial charge < -0.3 is 4.74 Å². The number of carbonyl (C=O) groups excluding carboxylic acids is 1. The predicted molar refractivity (Wildman–Crippen MR) is 68.5 cm³/mol. The molecule has 0 atom stereocenters. The van der Waals surface area contributed by atoms with Crippen molar-refractivity contribution in [1.82, 2.24) is 0 Å². The van der Waals surface area contributed by atoms with Crippen molar-refractivity contribution in [2.75, 3.05) is 0 Å². The molecule has 0 heterocycles. The summed E-state index contributed by atoms with van der Waals surface area (Å²) in [6, 6.07) is 0. The van der Waals surface area contributed by atoms with Crippen molar-refractivity contribution in [3.8, 4) is 0 Å². The molecule has 0 spiro atoms. The highest BCUT2D eigenvalue weighted by molar-refractivity contribution is 5.81. The van der Waals surface area contributed by atoms with Crippen LogP contribution >= 0.6 is 0 Å². The van der Waals surface area contributed by atoms with Gasteiger partial charge in [0.2, 0.25) is 0 Å². The van der Waals surface area contributed by atoms with Crippen molar-refractivity contribution >= 4 is 5.97 Å². The van der Waals surface area contributed by atoms with Gasteiger partial charge in [0.05, 0.1) is 12.2 Å². The van der Waals surface area contributed by atoms with Crippen molar-refractivity contribution in [2.45, 2.75) is 66.3 Å². The third kappa shape index (κ3) is 21.1. The minimum atomic E-state index is -0.398. The zero-order valence-corrected chi connectivity index (χ0v) is 12.1. The summed E-state index contributed by atoms with van der Waals surface area (Å²) in [5.74, 6) is -0.373. The molecule has 0 N–H and O–H groups in total. The molecule has 0 aromatic carbocycles. The lowest BCUT2D eigenvalue weighted by Gasteiger charge is -2.17. The van der Waals surface area contributed by atoms with E-state index in [0.717, 1.165) is 6.08 Å². The topological polar surface area (TPSA) is 44.8 Å². The first kappa shape index (κ1) is 18.5. The Morgan fingerprint density at radius 3 is 1.53 bits per heavy atom. The minimum Gasteiger partial charge on any atom is -0.457 e. The van der Waals surface area contributed by atoms with E-state index in [4.69, 9.17) is 14.5 Å². The lowest BCUT2D eigenvalue weighted by atomic mass is 10.2. The van der Waals surface area contributed by atoms with E-state index in [0.29, 0.717) is 0 Å². The van der Waals surface area contributed by atoms with Crippen LogP contribution in [-0.4, -0.2) is 23.8 Å². The largest absolute Gasteiger partial charge is 0.457 e. The van der Waals surface area contributed by atoms with E-state index in [9.17, 15) is 4.79 Å². The number of ether oxygens (including phenoxy) is 1. The number of esters is 1. The fraction of sp³-hybridized carbons (Fsp3) is 0.769. The van der Waals surface area contributed by atoms with Crippen LogP contribution in [0.5, 0.6) is 0 Å². The number of carbonyl (C=O) groups is 1. The Hall–Kier alpha value is -0.870. The van der Waals surface area contributed by atoms with Crippen LogP contribution in [0.15, 0.2) is 12.7 Å². The lowest BCUT2D eigenvalue weighted by Crippen LogP contribution is -2.22. The summed E-state index contributed by atoms with van der Waals surface area (Å²) < 4.78 is 4.83. The minimum absolute atomic E-state index is 0.164. The second kappa shape index (κ2) is 9.19. The Labute approximate surface area is 105 Å². The zero-order valence-electron chi connectivity index (χ0n) is 12.1. The van der Waals surface area contributed by atoms with Gasteiger partial charge in [-0.25, -0.2) is 14.6 Å². The SMILES string of the molecule is C=CC(=O)OC(C)(C)C.CC(C)OOC(C)C. The molecule has 0 aliphatic heterocycles. The predicted octanol–water partition coefficient (Wildman–Crippen LogP) is 3.27. The van der Waals surface area contributed by atoms with E-state index >= 15 is 0 Å². The summed E-state index contributed by atoms with van der Waals surface area (Å²) in [7, 11) is 0. The molecule has 0 rings (SSSR count). The first-order valence-electron chi connectivity index (χ1n) is 5.76. The molecular weight excluding hydrogens is 220 g/mol. The van der Waals surface area contributed by atoms with Crippen molar-refractivity contribution < 1.29 is 19.3 Å². The van der Waals surface area contributed by atoms with Crippen molar-refractivity contribution in [3.63, 3.8) is 0 Å². The number of hydrogen-bond acceptors (Lipinski definition) is 4. The molecule has 0 aromatic heterocycles. The fourth-order valence-electron chi connectivity index (χ4n) is 0.566. The number of rotatable bonds is 4. The van der Waals surface area contributed by atoms with Crippen LogP contribution in [0.2, 0.25) is 0 Å². The summed E-state index contributed by atoms with van der Waals surface area (Å²) >= 11 is 0. The van der Waals surface area contributed by atoms with Gasteiger partial charge in [0.1, 0.15) is 5.60 Å². The van der Waals surface area contributed by atoms with E-state index in [2.05, 4.69) is 6.58 Å². The Balaban J connectivity index is 0. The van der Waals surface area contributed by atoms with Gasteiger partial charge in [0.15, 0.2) is 0 Å². The van der Waals surface area contributed by atoms with Gasteiger partial charge in [0, 0.05) is 6.08 Å². The van der Waals surface area contributed by atoms with Gasteiger partial charge >= 0.3 is 5.97 Å². The molecule has 0 aliphatic rings. The van der Waals surface area contributed by atoms with Gasteiger partial charge in [-0.3, -0.25) is 0 Å². The van der Waals surface area contributed by atoms with E-state index < -0.39 is 5.60 Å². The summed E-state index contributed by atoms with van der Waals surface area (Å²) in [6.07, 6.45) is 1.49. The molecule has 0 aromatic rings. The van der Waals surface area contributed by atoms with Crippen LogP contribution in [0.4, 0.5) is 0 Å². The molecule has 4 heteroatoms. The molecular formula is C13H26O4.